The zero-order valence-electron chi connectivity index (χ0n) is 11.9. The van der Waals surface area contributed by atoms with Crippen LogP contribution < -0.4 is 0 Å². The first-order valence-corrected chi connectivity index (χ1v) is 8.00. The van der Waals surface area contributed by atoms with Crippen molar-refractivity contribution in [1.29, 1.82) is 0 Å². The Morgan fingerprint density at radius 2 is 1.48 bits per heavy atom. The van der Waals surface area contributed by atoms with E-state index in [4.69, 9.17) is 0 Å². The number of benzene rings is 3. The summed E-state index contributed by atoms with van der Waals surface area (Å²) in [5.74, 6) is 0. The Morgan fingerprint density at radius 3 is 2.19 bits per heavy atom. The van der Waals surface area contributed by atoms with Gasteiger partial charge in [-0.05, 0) is 35.4 Å². The summed E-state index contributed by atoms with van der Waals surface area (Å²) in [4.78, 5) is 1.18. The predicted octanol–water partition coefficient (Wildman–Crippen LogP) is 5.05. The van der Waals surface area contributed by atoms with Gasteiger partial charge in [0, 0.05) is 4.90 Å². The van der Waals surface area contributed by atoms with Gasteiger partial charge in [-0.3, -0.25) is 0 Å². The molecule has 0 aliphatic rings. The van der Waals surface area contributed by atoms with Crippen molar-refractivity contribution in [1.82, 2.24) is 0 Å². The predicted molar refractivity (Wildman–Crippen MR) is 90.7 cm³/mol. The third kappa shape index (κ3) is 3.29. The highest BCUT2D eigenvalue weighted by molar-refractivity contribution is 7.99. The summed E-state index contributed by atoms with van der Waals surface area (Å²) in [6, 6.07) is 25.0. The van der Waals surface area contributed by atoms with Crippen LogP contribution in [0.2, 0.25) is 0 Å². The quantitative estimate of drug-likeness (QED) is 0.679. The van der Waals surface area contributed by atoms with E-state index in [1.165, 1.54) is 15.7 Å². The zero-order valence-corrected chi connectivity index (χ0v) is 12.8. The fourth-order valence-electron chi connectivity index (χ4n) is 2.48. The monoisotopic (exact) mass is 294 g/mol. The summed E-state index contributed by atoms with van der Waals surface area (Å²) in [5, 5.41) is 12.6. The Kier molecular flexibility index (Phi) is 4.28. The van der Waals surface area contributed by atoms with E-state index in [0.717, 1.165) is 5.56 Å². The SMILES string of the molecule is C[C@@H](O)[C@@H](Sc1ccc2ccccc2c1)c1ccccc1. The van der Waals surface area contributed by atoms with Crippen molar-refractivity contribution in [2.75, 3.05) is 0 Å². The minimum atomic E-state index is -0.399. The van der Waals surface area contributed by atoms with E-state index in [1.807, 2.05) is 25.1 Å². The number of aliphatic hydroxyl groups excluding tert-OH is 1. The first-order valence-electron chi connectivity index (χ1n) is 7.12. The first kappa shape index (κ1) is 14.2. The van der Waals surface area contributed by atoms with E-state index in [9.17, 15) is 5.11 Å². The van der Waals surface area contributed by atoms with Crippen molar-refractivity contribution >= 4 is 22.5 Å². The van der Waals surface area contributed by atoms with E-state index in [2.05, 4.69) is 54.6 Å². The molecule has 21 heavy (non-hydrogen) atoms. The van der Waals surface area contributed by atoms with Crippen molar-refractivity contribution in [3.63, 3.8) is 0 Å². The fraction of sp³-hybridized carbons (Fsp3) is 0.158. The molecule has 0 radical (unpaired) electrons. The van der Waals surface area contributed by atoms with Gasteiger partial charge in [-0.25, -0.2) is 0 Å². The van der Waals surface area contributed by atoms with Gasteiger partial charge in [0.1, 0.15) is 0 Å². The van der Waals surface area contributed by atoms with Crippen molar-refractivity contribution in [3.8, 4) is 0 Å². The zero-order chi connectivity index (χ0) is 14.7. The molecule has 0 bridgehead atoms. The molecule has 0 spiro atoms. The maximum absolute atomic E-state index is 10.1. The van der Waals surface area contributed by atoms with E-state index in [0.29, 0.717) is 0 Å². The van der Waals surface area contributed by atoms with Crippen LogP contribution in [0.15, 0.2) is 77.7 Å². The summed E-state index contributed by atoms with van der Waals surface area (Å²) in [5.41, 5.74) is 1.16. The number of hydrogen-bond acceptors (Lipinski definition) is 2. The lowest BCUT2D eigenvalue weighted by Gasteiger charge is -2.20. The van der Waals surface area contributed by atoms with Gasteiger partial charge in [0.2, 0.25) is 0 Å². The molecular formula is C19H18OS. The molecule has 0 unspecified atom stereocenters. The average molecular weight is 294 g/mol. The smallest absolute Gasteiger partial charge is 0.0675 e. The summed E-state index contributed by atoms with van der Waals surface area (Å²) in [6.07, 6.45) is -0.399. The Hall–Kier alpha value is -1.77. The minimum Gasteiger partial charge on any atom is -0.392 e. The van der Waals surface area contributed by atoms with Crippen LogP contribution >= 0.6 is 11.8 Å². The first-order chi connectivity index (χ1) is 10.2. The second-order valence-corrected chi connectivity index (χ2v) is 6.41. The lowest BCUT2D eigenvalue weighted by atomic mass is 10.1. The molecule has 1 nitrogen and oxygen atoms in total. The summed E-state index contributed by atoms with van der Waals surface area (Å²) < 4.78 is 0. The van der Waals surface area contributed by atoms with Crippen molar-refractivity contribution < 1.29 is 5.11 Å². The molecule has 1 N–H and O–H groups in total. The molecule has 0 saturated heterocycles. The average Bonchev–Trinajstić information content (AvgIpc) is 2.53. The molecule has 3 aromatic rings. The molecular weight excluding hydrogens is 276 g/mol. The Bertz CT molecular complexity index is 722. The van der Waals surface area contributed by atoms with E-state index in [-0.39, 0.29) is 5.25 Å². The third-order valence-corrected chi connectivity index (χ3v) is 5.00. The van der Waals surface area contributed by atoms with Gasteiger partial charge in [-0.15, -0.1) is 11.8 Å². The summed E-state index contributed by atoms with van der Waals surface area (Å²) >= 11 is 1.71. The second kappa shape index (κ2) is 6.33. The van der Waals surface area contributed by atoms with Crippen LogP contribution in [-0.4, -0.2) is 11.2 Å². The molecule has 0 fully saturated rings. The van der Waals surface area contributed by atoms with Crippen molar-refractivity contribution in [2.24, 2.45) is 0 Å². The third-order valence-electron chi connectivity index (χ3n) is 3.55. The highest BCUT2D eigenvalue weighted by atomic mass is 32.2. The molecule has 3 rings (SSSR count). The van der Waals surface area contributed by atoms with Gasteiger partial charge in [-0.1, -0.05) is 60.7 Å². The van der Waals surface area contributed by atoms with Crippen LogP contribution in [0.3, 0.4) is 0 Å². The number of fused-ring (bicyclic) bond motifs is 1. The van der Waals surface area contributed by atoms with E-state index < -0.39 is 6.10 Å². The maximum atomic E-state index is 10.1. The van der Waals surface area contributed by atoms with Gasteiger partial charge in [0.25, 0.3) is 0 Å². The Morgan fingerprint density at radius 1 is 0.810 bits per heavy atom. The highest BCUT2D eigenvalue weighted by Crippen LogP contribution is 2.38. The van der Waals surface area contributed by atoms with Crippen molar-refractivity contribution in [3.05, 3.63) is 78.4 Å². The van der Waals surface area contributed by atoms with Gasteiger partial charge in [0.15, 0.2) is 0 Å². The van der Waals surface area contributed by atoms with Gasteiger partial charge < -0.3 is 5.11 Å². The van der Waals surface area contributed by atoms with E-state index in [1.54, 1.807) is 11.8 Å². The maximum Gasteiger partial charge on any atom is 0.0675 e. The molecule has 0 aliphatic carbocycles. The van der Waals surface area contributed by atoms with Gasteiger partial charge in [0.05, 0.1) is 11.4 Å². The molecule has 0 saturated carbocycles. The molecule has 3 aromatic carbocycles. The lowest BCUT2D eigenvalue weighted by molar-refractivity contribution is 0.192. The summed E-state index contributed by atoms with van der Waals surface area (Å²) in [7, 11) is 0. The molecule has 0 aliphatic heterocycles. The molecule has 0 amide bonds. The van der Waals surface area contributed by atoms with Crippen LogP contribution in [0.4, 0.5) is 0 Å². The number of thioether (sulfide) groups is 1. The largest absolute Gasteiger partial charge is 0.392 e. The normalized spacial score (nSPS) is 14.0. The molecule has 106 valence electrons. The van der Waals surface area contributed by atoms with Crippen LogP contribution in [0.25, 0.3) is 10.8 Å². The standard InChI is InChI=1S/C19H18OS/c1-14(20)19(16-8-3-2-4-9-16)21-18-12-11-15-7-5-6-10-17(15)13-18/h2-14,19-20H,1H3/t14-,19-/m1/s1. The van der Waals surface area contributed by atoms with Gasteiger partial charge >= 0.3 is 0 Å². The molecule has 2 heteroatoms. The lowest BCUT2D eigenvalue weighted by Crippen LogP contribution is -2.11. The minimum absolute atomic E-state index is 0.0485. The molecule has 2 atom stereocenters. The molecule has 0 heterocycles. The van der Waals surface area contributed by atoms with Gasteiger partial charge in [-0.2, -0.15) is 0 Å². The van der Waals surface area contributed by atoms with Crippen LogP contribution in [0, 0.1) is 0 Å². The van der Waals surface area contributed by atoms with Crippen molar-refractivity contribution in [2.45, 2.75) is 23.2 Å². The number of aliphatic hydroxyl groups is 1. The number of hydrogen-bond donors (Lipinski definition) is 1. The van der Waals surface area contributed by atoms with Crippen LogP contribution in [-0.2, 0) is 0 Å². The van der Waals surface area contributed by atoms with Crippen LogP contribution in [0.1, 0.15) is 17.7 Å². The van der Waals surface area contributed by atoms with Crippen LogP contribution in [0.5, 0.6) is 0 Å². The Labute approximate surface area is 129 Å². The second-order valence-electron chi connectivity index (χ2n) is 5.20. The fourth-order valence-corrected chi connectivity index (χ4v) is 3.60. The summed E-state index contributed by atoms with van der Waals surface area (Å²) in [6.45, 7) is 1.85. The topological polar surface area (TPSA) is 20.2 Å². The Balaban J connectivity index is 1.91. The molecule has 0 aromatic heterocycles. The highest BCUT2D eigenvalue weighted by Gasteiger charge is 2.18. The van der Waals surface area contributed by atoms with E-state index >= 15 is 0 Å². The number of rotatable bonds is 4.